The zero-order valence-corrected chi connectivity index (χ0v) is 9.51. The fraction of sp³-hybridized carbons (Fsp3) is 0.0909. The first kappa shape index (κ1) is 11.8. The standard InChI is InChI=1S/C11H10N4O3/c1-7(16)14-9-3-2-8(4-11(9)15(17)18)10-5-12-6-13-10/h2-6H,1H3,(H,12,13)(H,14,16). The van der Waals surface area contributed by atoms with Gasteiger partial charge >= 0.3 is 0 Å². The van der Waals surface area contributed by atoms with E-state index >= 15 is 0 Å². The van der Waals surface area contributed by atoms with Crippen molar-refractivity contribution in [3.8, 4) is 11.3 Å². The molecule has 0 radical (unpaired) electrons. The first-order valence-corrected chi connectivity index (χ1v) is 5.12. The van der Waals surface area contributed by atoms with E-state index in [1.165, 1.54) is 25.4 Å². The van der Waals surface area contributed by atoms with Gasteiger partial charge in [-0.15, -0.1) is 0 Å². The van der Waals surface area contributed by atoms with Crippen LogP contribution < -0.4 is 5.32 Å². The van der Waals surface area contributed by atoms with Crippen LogP contribution in [0.25, 0.3) is 11.3 Å². The van der Waals surface area contributed by atoms with Crippen molar-refractivity contribution in [2.75, 3.05) is 5.32 Å². The number of anilines is 1. The first-order valence-electron chi connectivity index (χ1n) is 5.12. The Morgan fingerprint density at radius 2 is 2.28 bits per heavy atom. The predicted molar refractivity (Wildman–Crippen MR) is 65.0 cm³/mol. The van der Waals surface area contributed by atoms with Gasteiger partial charge in [-0.05, 0) is 6.07 Å². The van der Waals surface area contributed by atoms with Crippen LogP contribution in [0.3, 0.4) is 0 Å². The molecule has 2 aromatic rings. The van der Waals surface area contributed by atoms with Crippen molar-refractivity contribution in [3.05, 3.63) is 40.8 Å². The van der Waals surface area contributed by atoms with E-state index in [0.29, 0.717) is 11.3 Å². The molecule has 18 heavy (non-hydrogen) atoms. The number of amides is 1. The molecule has 0 aliphatic heterocycles. The number of nitro benzene ring substituents is 1. The van der Waals surface area contributed by atoms with E-state index in [0.717, 1.165) is 0 Å². The zero-order valence-electron chi connectivity index (χ0n) is 9.51. The maximum Gasteiger partial charge on any atom is 0.293 e. The fourth-order valence-electron chi connectivity index (χ4n) is 1.56. The number of rotatable bonds is 3. The molecule has 1 aromatic heterocycles. The number of nitro groups is 1. The lowest BCUT2D eigenvalue weighted by molar-refractivity contribution is -0.383. The van der Waals surface area contributed by atoms with Gasteiger partial charge in [-0.3, -0.25) is 14.9 Å². The highest BCUT2D eigenvalue weighted by atomic mass is 16.6. The molecule has 2 rings (SSSR count). The minimum Gasteiger partial charge on any atom is -0.345 e. The number of aromatic amines is 1. The van der Waals surface area contributed by atoms with Crippen molar-refractivity contribution in [2.24, 2.45) is 0 Å². The summed E-state index contributed by atoms with van der Waals surface area (Å²) in [7, 11) is 0. The normalized spacial score (nSPS) is 10.1. The topological polar surface area (TPSA) is 101 Å². The molecule has 1 heterocycles. The van der Waals surface area contributed by atoms with Crippen molar-refractivity contribution in [3.63, 3.8) is 0 Å². The molecule has 0 unspecified atom stereocenters. The SMILES string of the molecule is CC(=O)Nc1ccc(-c2cnc[nH]2)cc1[N+](=O)[O-]. The highest BCUT2D eigenvalue weighted by Crippen LogP contribution is 2.29. The van der Waals surface area contributed by atoms with Crippen LogP contribution in [-0.4, -0.2) is 20.8 Å². The molecule has 0 saturated heterocycles. The van der Waals surface area contributed by atoms with E-state index < -0.39 is 4.92 Å². The van der Waals surface area contributed by atoms with E-state index in [1.807, 2.05) is 0 Å². The molecule has 0 spiro atoms. The van der Waals surface area contributed by atoms with Crippen LogP contribution >= 0.6 is 0 Å². The molecule has 0 aliphatic rings. The monoisotopic (exact) mass is 246 g/mol. The fourth-order valence-corrected chi connectivity index (χ4v) is 1.56. The molecular formula is C11H10N4O3. The van der Waals surface area contributed by atoms with E-state index in [-0.39, 0.29) is 17.3 Å². The number of aromatic nitrogens is 2. The molecular weight excluding hydrogens is 236 g/mol. The summed E-state index contributed by atoms with van der Waals surface area (Å²) in [6.45, 7) is 1.30. The lowest BCUT2D eigenvalue weighted by atomic mass is 10.1. The van der Waals surface area contributed by atoms with E-state index in [2.05, 4.69) is 15.3 Å². The van der Waals surface area contributed by atoms with Gasteiger partial charge in [-0.2, -0.15) is 0 Å². The molecule has 0 saturated carbocycles. The van der Waals surface area contributed by atoms with Gasteiger partial charge in [0.05, 0.1) is 23.1 Å². The van der Waals surface area contributed by atoms with Crippen LogP contribution in [0.2, 0.25) is 0 Å². The summed E-state index contributed by atoms with van der Waals surface area (Å²) < 4.78 is 0. The molecule has 7 heteroatoms. The van der Waals surface area contributed by atoms with Crippen molar-refractivity contribution in [1.82, 2.24) is 9.97 Å². The Bertz CT molecular complexity index is 592. The Kier molecular flexibility index (Phi) is 3.05. The summed E-state index contributed by atoms with van der Waals surface area (Å²) in [5.74, 6) is -0.354. The summed E-state index contributed by atoms with van der Waals surface area (Å²) in [6.07, 6.45) is 3.06. The lowest BCUT2D eigenvalue weighted by Gasteiger charge is -2.05. The van der Waals surface area contributed by atoms with Crippen molar-refractivity contribution in [2.45, 2.75) is 6.92 Å². The maximum absolute atomic E-state index is 11.0. The number of H-pyrrole nitrogens is 1. The van der Waals surface area contributed by atoms with Gasteiger partial charge in [0, 0.05) is 18.6 Å². The van der Waals surface area contributed by atoms with Gasteiger partial charge < -0.3 is 10.3 Å². The first-order chi connectivity index (χ1) is 8.58. The van der Waals surface area contributed by atoms with Gasteiger partial charge in [-0.25, -0.2) is 4.98 Å². The largest absolute Gasteiger partial charge is 0.345 e. The third-order valence-corrected chi connectivity index (χ3v) is 2.31. The minimum absolute atomic E-state index is 0.155. The molecule has 0 aliphatic carbocycles. The van der Waals surface area contributed by atoms with Crippen LogP contribution in [0.15, 0.2) is 30.7 Å². The summed E-state index contributed by atoms with van der Waals surface area (Å²) >= 11 is 0. The second-order valence-corrected chi connectivity index (χ2v) is 3.64. The Labute approximate surface area is 102 Å². The smallest absolute Gasteiger partial charge is 0.293 e. The van der Waals surface area contributed by atoms with Crippen LogP contribution in [0.5, 0.6) is 0 Å². The highest BCUT2D eigenvalue weighted by Gasteiger charge is 2.16. The number of nitrogens with zero attached hydrogens (tertiary/aromatic N) is 2. The number of benzene rings is 1. The molecule has 1 aromatic carbocycles. The number of imidazole rings is 1. The Hall–Kier alpha value is -2.70. The van der Waals surface area contributed by atoms with Crippen molar-refractivity contribution < 1.29 is 9.72 Å². The van der Waals surface area contributed by atoms with E-state index in [9.17, 15) is 14.9 Å². The number of carbonyl (C=O) groups is 1. The third kappa shape index (κ3) is 2.34. The molecule has 7 nitrogen and oxygen atoms in total. The van der Waals surface area contributed by atoms with Crippen LogP contribution in [-0.2, 0) is 4.79 Å². The number of nitrogens with one attached hydrogen (secondary N) is 2. The van der Waals surface area contributed by atoms with Crippen LogP contribution in [0, 0.1) is 10.1 Å². The van der Waals surface area contributed by atoms with Gasteiger partial charge in [0.1, 0.15) is 5.69 Å². The molecule has 0 atom stereocenters. The summed E-state index contributed by atoms with van der Waals surface area (Å²) in [4.78, 5) is 28.1. The Balaban J connectivity index is 2.46. The molecule has 2 N–H and O–H groups in total. The Morgan fingerprint density at radius 1 is 1.50 bits per heavy atom. The second-order valence-electron chi connectivity index (χ2n) is 3.64. The zero-order chi connectivity index (χ0) is 13.1. The second kappa shape index (κ2) is 4.66. The van der Waals surface area contributed by atoms with Crippen LogP contribution in [0.1, 0.15) is 6.92 Å². The van der Waals surface area contributed by atoms with Gasteiger partial charge in [0.25, 0.3) is 5.69 Å². The number of hydrogen-bond acceptors (Lipinski definition) is 4. The van der Waals surface area contributed by atoms with E-state index in [4.69, 9.17) is 0 Å². The third-order valence-electron chi connectivity index (χ3n) is 2.31. The van der Waals surface area contributed by atoms with Gasteiger partial charge in [0.2, 0.25) is 5.91 Å². The summed E-state index contributed by atoms with van der Waals surface area (Å²) in [5.41, 5.74) is 1.33. The molecule has 0 bridgehead atoms. The summed E-state index contributed by atoms with van der Waals surface area (Å²) in [6, 6.07) is 4.56. The van der Waals surface area contributed by atoms with Gasteiger partial charge in [0.15, 0.2) is 0 Å². The predicted octanol–water partition coefficient (Wildman–Crippen LogP) is 1.94. The highest BCUT2D eigenvalue weighted by molar-refractivity contribution is 5.92. The maximum atomic E-state index is 11.0. The quantitative estimate of drug-likeness (QED) is 0.638. The average Bonchev–Trinajstić information content (AvgIpc) is 2.82. The number of carbonyl (C=O) groups excluding carboxylic acids is 1. The average molecular weight is 246 g/mol. The minimum atomic E-state index is -0.537. The molecule has 92 valence electrons. The van der Waals surface area contributed by atoms with Crippen LogP contribution in [0.4, 0.5) is 11.4 Å². The summed E-state index contributed by atoms with van der Waals surface area (Å²) in [5, 5.41) is 13.4. The number of hydrogen-bond donors (Lipinski definition) is 2. The van der Waals surface area contributed by atoms with E-state index in [1.54, 1.807) is 12.3 Å². The van der Waals surface area contributed by atoms with Crippen molar-refractivity contribution in [1.29, 1.82) is 0 Å². The van der Waals surface area contributed by atoms with Gasteiger partial charge in [-0.1, -0.05) is 6.07 Å². The van der Waals surface area contributed by atoms with Crippen molar-refractivity contribution >= 4 is 17.3 Å². The molecule has 1 amide bonds. The Morgan fingerprint density at radius 3 is 2.83 bits per heavy atom. The lowest BCUT2D eigenvalue weighted by Crippen LogP contribution is -2.08. The molecule has 0 fully saturated rings.